The molecule has 0 saturated carbocycles. The fraction of sp³-hybridized carbons (Fsp3) is 0.0159. The lowest BCUT2D eigenvalue weighted by atomic mass is 9.68. The predicted octanol–water partition coefficient (Wildman–Crippen LogP) is 16.8. The van der Waals surface area contributed by atoms with E-state index in [2.05, 4.69) is 266 Å². The van der Waals surface area contributed by atoms with E-state index in [4.69, 9.17) is 0 Å². The Kier molecular flexibility index (Phi) is 9.13. The fourth-order valence-corrected chi connectivity index (χ4v) is 10.5. The molecule has 300 valence electrons. The molecule has 0 N–H and O–H groups in total. The second-order valence-corrected chi connectivity index (χ2v) is 16.8. The maximum Gasteiger partial charge on any atom is 0.0714 e. The average Bonchev–Trinajstić information content (AvgIpc) is 3.69. The molecule has 0 aromatic heterocycles. The summed E-state index contributed by atoms with van der Waals surface area (Å²) in [6.45, 7) is 0. The molecule has 0 bridgehead atoms. The number of rotatable bonds is 8. The Hall–Kier alpha value is -8.26. The van der Waals surface area contributed by atoms with Gasteiger partial charge in [0, 0.05) is 16.9 Å². The highest BCUT2D eigenvalue weighted by atomic mass is 15.1. The lowest BCUT2D eigenvalue weighted by Crippen LogP contribution is -2.28. The molecule has 0 saturated heterocycles. The van der Waals surface area contributed by atoms with Crippen LogP contribution in [0.5, 0.6) is 0 Å². The standard InChI is InChI=1S/C63H43N/c1-4-17-44(18-5-1)45-33-38-52(39-34-45)64(61-30-16-29-60-62(61)58-27-14-15-28-59(58)63(60,50-20-6-2-7-21-50)51-22-8-3-9-23-51)53-40-35-47(36-41-53)55-25-12-13-26-56(55)49-37-42-57-48(43-49)32-31-46-19-10-11-24-54(46)57/h1-43H. The van der Waals surface area contributed by atoms with Crippen LogP contribution in [0.4, 0.5) is 17.1 Å². The lowest BCUT2D eigenvalue weighted by Gasteiger charge is -2.34. The summed E-state index contributed by atoms with van der Waals surface area (Å²) >= 11 is 0. The summed E-state index contributed by atoms with van der Waals surface area (Å²) < 4.78 is 0. The third kappa shape index (κ3) is 6.08. The predicted molar refractivity (Wildman–Crippen MR) is 270 cm³/mol. The van der Waals surface area contributed by atoms with E-state index < -0.39 is 5.41 Å². The Morgan fingerprint density at radius 3 is 1.45 bits per heavy atom. The summed E-state index contributed by atoms with van der Waals surface area (Å²) in [6, 6.07) is 95.8. The van der Waals surface area contributed by atoms with E-state index in [1.54, 1.807) is 0 Å². The number of hydrogen-bond donors (Lipinski definition) is 0. The summed E-state index contributed by atoms with van der Waals surface area (Å²) in [4.78, 5) is 2.46. The van der Waals surface area contributed by atoms with Crippen LogP contribution in [-0.4, -0.2) is 0 Å². The van der Waals surface area contributed by atoms with Crippen LogP contribution in [0.2, 0.25) is 0 Å². The normalized spacial score (nSPS) is 12.5. The van der Waals surface area contributed by atoms with E-state index in [1.807, 2.05) is 0 Å². The van der Waals surface area contributed by atoms with Gasteiger partial charge in [0.25, 0.3) is 0 Å². The van der Waals surface area contributed by atoms with Crippen molar-refractivity contribution in [2.75, 3.05) is 4.90 Å². The summed E-state index contributed by atoms with van der Waals surface area (Å²) in [7, 11) is 0. The molecule has 0 fully saturated rings. The monoisotopic (exact) mass is 813 g/mol. The van der Waals surface area contributed by atoms with Crippen LogP contribution in [0.3, 0.4) is 0 Å². The topological polar surface area (TPSA) is 3.24 Å². The first-order chi connectivity index (χ1) is 31.8. The fourth-order valence-electron chi connectivity index (χ4n) is 10.5. The van der Waals surface area contributed by atoms with Gasteiger partial charge in [0.2, 0.25) is 0 Å². The van der Waals surface area contributed by atoms with Gasteiger partial charge in [-0.1, -0.05) is 224 Å². The molecule has 12 rings (SSSR count). The average molecular weight is 814 g/mol. The molecule has 0 heterocycles. The molecule has 0 unspecified atom stereocenters. The van der Waals surface area contributed by atoms with Gasteiger partial charge in [-0.25, -0.2) is 0 Å². The third-order valence-corrected chi connectivity index (χ3v) is 13.4. The van der Waals surface area contributed by atoms with Crippen molar-refractivity contribution in [3.05, 3.63) is 283 Å². The lowest BCUT2D eigenvalue weighted by molar-refractivity contribution is 0.768. The number of nitrogens with zero attached hydrogens (tertiary/aromatic N) is 1. The van der Waals surface area contributed by atoms with Crippen molar-refractivity contribution in [3.63, 3.8) is 0 Å². The molecule has 0 amide bonds. The van der Waals surface area contributed by atoms with Gasteiger partial charge in [0.1, 0.15) is 0 Å². The van der Waals surface area contributed by atoms with Crippen LogP contribution >= 0.6 is 0 Å². The van der Waals surface area contributed by atoms with Gasteiger partial charge in [-0.15, -0.1) is 0 Å². The van der Waals surface area contributed by atoms with E-state index >= 15 is 0 Å². The van der Waals surface area contributed by atoms with E-state index in [9.17, 15) is 0 Å². The first-order valence-electron chi connectivity index (χ1n) is 22.2. The highest BCUT2D eigenvalue weighted by Gasteiger charge is 2.47. The molecular weight excluding hydrogens is 771 g/mol. The second kappa shape index (κ2) is 15.6. The Morgan fingerprint density at radius 2 is 0.766 bits per heavy atom. The van der Waals surface area contributed by atoms with Crippen molar-refractivity contribution in [2.24, 2.45) is 0 Å². The molecule has 1 aliphatic carbocycles. The SMILES string of the molecule is c1ccc(-c2ccc(N(c3ccc(-c4ccccc4-c4ccc5c(ccc6ccccc65)c4)cc3)c3cccc4c3-c3ccccc3C4(c3ccccc3)c3ccccc3)cc2)cc1. The number of anilines is 3. The molecule has 0 aliphatic heterocycles. The zero-order chi connectivity index (χ0) is 42.5. The molecule has 0 atom stereocenters. The maximum atomic E-state index is 2.46. The van der Waals surface area contributed by atoms with Crippen LogP contribution in [0.15, 0.2) is 261 Å². The van der Waals surface area contributed by atoms with Crippen LogP contribution in [0, 0.1) is 0 Å². The number of fused-ring (bicyclic) bond motifs is 6. The van der Waals surface area contributed by atoms with Crippen LogP contribution in [0.25, 0.3) is 66.1 Å². The van der Waals surface area contributed by atoms with Crippen molar-refractivity contribution in [1.82, 2.24) is 0 Å². The van der Waals surface area contributed by atoms with Crippen molar-refractivity contribution in [3.8, 4) is 44.5 Å². The van der Waals surface area contributed by atoms with E-state index in [0.29, 0.717) is 0 Å². The zero-order valence-electron chi connectivity index (χ0n) is 35.3. The van der Waals surface area contributed by atoms with Crippen LogP contribution in [-0.2, 0) is 5.41 Å². The molecule has 11 aromatic carbocycles. The summed E-state index contributed by atoms with van der Waals surface area (Å²) in [5.74, 6) is 0. The van der Waals surface area contributed by atoms with Gasteiger partial charge >= 0.3 is 0 Å². The van der Waals surface area contributed by atoms with Crippen molar-refractivity contribution in [2.45, 2.75) is 5.41 Å². The minimum Gasteiger partial charge on any atom is -0.310 e. The zero-order valence-corrected chi connectivity index (χ0v) is 35.3. The van der Waals surface area contributed by atoms with Gasteiger partial charge < -0.3 is 4.90 Å². The first-order valence-corrected chi connectivity index (χ1v) is 22.2. The minimum absolute atomic E-state index is 0.503. The molecule has 1 nitrogen and oxygen atoms in total. The molecule has 11 aromatic rings. The van der Waals surface area contributed by atoms with Crippen molar-refractivity contribution < 1.29 is 0 Å². The Labute approximate surface area is 374 Å². The number of hydrogen-bond acceptors (Lipinski definition) is 1. The summed E-state index contributed by atoms with van der Waals surface area (Å²) in [5, 5.41) is 5.07. The number of benzene rings is 11. The van der Waals surface area contributed by atoms with Gasteiger partial charge in [-0.05, 0) is 119 Å². The van der Waals surface area contributed by atoms with Crippen molar-refractivity contribution in [1.29, 1.82) is 0 Å². The van der Waals surface area contributed by atoms with Crippen molar-refractivity contribution >= 4 is 38.6 Å². The molecule has 0 radical (unpaired) electrons. The molecule has 1 aliphatic rings. The molecule has 0 spiro atoms. The second-order valence-electron chi connectivity index (χ2n) is 16.8. The van der Waals surface area contributed by atoms with E-state index in [-0.39, 0.29) is 0 Å². The summed E-state index contributed by atoms with van der Waals surface area (Å²) in [5.41, 5.74) is 17.6. The van der Waals surface area contributed by atoms with Gasteiger partial charge in [0.15, 0.2) is 0 Å². The van der Waals surface area contributed by atoms with Gasteiger partial charge in [-0.2, -0.15) is 0 Å². The Bertz CT molecular complexity index is 3420. The smallest absolute Gasteiger partial charge is 0.0714 e. The maximum absolute atomic E-state index is 2.46. The highest BCUT2D eigenvalue weighted by molar-refractivity contribution is 6.09. The Morgan fingerprint density at radius 1 is 0.281 bits per heavy atom. The van der Waals surface area contributed by atoms with Crippen LogP contribution < -0.4 is 4.90 Å². The first kappa shape index (κ1) is 37.5. The van der Waals surface area contributed by atoms with Gasteiger partial charge in [-0.3, -0.25) is 0 Å². The third-order valence-electron chi connectivity index (χ3n) is 13.4. The summed E-state index contributed by atoms with van der Waals surface area (Å²) in [6.07, 6.45) is 0. The quantitative estimate of drug-likeness (QED) is 0.138. The largest absolute Gasteiger partial charge is 0.310 e. The highest BCUT2D eigenvalue weighted by Crippen LogP contribution is 2.59. The van der Waals surface area contributed by atoms with E-state index in [0.717, 1.165) is 17.1 Å². The molecule has 64 heavy (non-hydrogen) atoms. The van der Waals surface area contributed by atoms with Gasteiger partial charge in [0.05, 0.1) is 11.1 Å². The minimum atomic E-state index is -0.503. The van der Waals surface area contributed by atoms with E-state index in [1.165, 1.54) is 88.3 Å². The molecular formula is C63H43N. The van der Waals surface area contributed by atoms with Crippen LogP contribution in [0.1, 0.15) is 22.3 Å². The Balaban J connectivity index is 1.02. The molecule has 1 heteroatoms.